The molecule has 0 aliphatic carbocycles. The number of hydrogen-bond donors (Lipinski definition) is 2. The zero-order valence-corrected chi connectivity index (χ0v) is 9.47. The first kappa shape index (κ1) is 12.2. The second kappa shape index (κ2) is 4.56. The van der Waals surface area contributed by atoms with Crippen molar-refractivity contribution in [2.24, 2.45) is 0 Å². The van der Waals surface area contributed by atoms with Gasteiger partial charge in [0.15, 0.2) is 17.5 Å². The fourth-order valence-corrected chi connectivity index (χ4v) is 1.42. The highest BCUT2D eigenvalue weighted by molar-refractivity contribution is 5.71. The number of benzene rings is 1. The van der Waals surface area contributed by atoms with Crippen LogP contribution >= 0.6 is 0 Å². The molecule has 3 nitrogen and oxygen atoms in total. The summed E-state index contributed by atoms with van der Waals surface area (Å²) in [5.41, 5.74) is 6.58. The van der Waals surface area contributed by atoms with Gasteiger partial charge in [-0.2, -0.15) is 0 Å². The third kappa shape index (κ3) is 2.22. The lowest BCUT2D eigenvalue weighted by Gasteiger charge is -2.10. The summed E-state index contributed by atoms with van der Waals surface area (Å²) in [5, 5.41) is 2.53. The van der Waals surface area contributed by atoms with Crippen molar-refractivity contribution in [3.8, 4) is 0 Å². The first-order chi connectivity index (χ1) is 8.49. The van der Waals surface area contributed by atoms with Gasteiger partial charge in [0, 0.05) is 18.3 Å². The summed E-state index contributed by atoms with van der Waals surface area (Å²) in [4.78, 5) is 3.91. The third-order valence-corrected chi connectivity index (χ3v) is 2.47. The first-order valence-corrected chi connectivity index (χ1v) is 5.11. The van der Waals surface area contributed by atoms with Crippen LogP contribution < -0.4 is 11.1 Å². The lowest BCUT2D eigenvalue weighted by Crippen LogP contribution is -2.03. The second-order valence-electron chi connectivity index (χ2n) is 3.76. The van der Waals surface area contributed by atoms with Crippen LogP contribution in [0.4, 0.5) is 30.4 Å². The van der Waals surface area contributed by atoms with Crippen LogP contribution in [-0.2, 0) is 0 Å². The first-order valence-electron chi connectivity index (χ1n) is 5.11. The number of aryl methyl sites for hydroxylation is 1. The van der Waals surface area contributed by atoms with Gasteiger partial charge in [0.2, 0.25) is 0 Å². The molecule has 0 fully saturated rings. The number of hydrogen-bond acceptors (Lipinski definition) is 3. The molecule has 0 atom stereocenters. The number of rotatable bonds is 2. The van der Waals surface area contributed by atoms with E-state index in [1.165, 1.54) is 6.20 Å². The van der Waals surface area contributed by atoms with Crippen molar-refractivity contribution in [2.45, 2.75) is 6.92 Å². The maximum absolute atomic E-state index is 13.4. The van der Waals surface area contributed by atoms with Crippen LogP contribution in [0.3, 0.4) is 0 Å². The zero-order valence-electron chi connectivity index (χ0n) is 9.47. The molecule has 2 aromatic rings. The minimum Gasteiger partial charge on any atom is -0.396 e. The Morgan fingerprint density at radius 1 is 1.11 bits per heavy atom. The van der Waals surface area contributed by atoms with Crippen molar-refractivity contribution in [1.29, 1.82) is 0 Å². The fraction of sp³-hybridized carbons (Fsp3) is 0.0833. The van der Waals surface area contributed by atoms with Crippen LogP contribution in [0.15, 0.2) is 24.4 Å². The Bertz CT molecular complexity index is 599. The smallest absolute Gasteiger partial charge is 0.161 e. The molecule has 0 bridgehead atoms. The van der Waals surface area contributed by atoms with Gasteiger partial charge in [0.05, 0.1) is 11.4 Å². The molecule has 0 saturated heterocycles. The predicted octanol–water partition coefficient (Wildman–Crippen LogP) is 3.13. The van der Waals surface area contributed by atoms with Crippen LogP contribution in [0.1, 0.15) is 5.56 Å². The summed E-state index contributed by atoms with van der Waals surface area (Å²) >= 11 is 0. The molecular formula is C12H10F3N3. The lowest BCUT2D eigenvalue weighted by atomic mass is 10.2. The highest BCUT2D eigenvalue weighted by atomic mass is 19.2. The number of nitrogens with two attached hydrogens (primary N) is 1. The van der Waals surface area contributed by atoms with Crippen molar-refractivity contribution < 1.29 is 13.2 Å². The Morgan fingerprint density at radius 2 is 1.78 bits per heavy atom. The molecule has 1 aromatic heterocycles. The SMILES string of the molecule is Cc1ccnc(Nc2cc(F)c(F)cc2F)c1N. The molecule has 0 aliphatic heterocycles. The largest absolute Gasteiger partial charge is 0.396 e. The Balaban J connectivity index is 2.40. The van der Waals surface area contributed by atoms with Crippen molar-refractivity contribution in [1.82, 2.24) is 4.98 Å². The highest BCUT2D eigenvalue weighted by Gasteiger charge is 2.12. The molecule has 0 unspecified atom stereocenters. The summed E-state index contributed by atoms with van der Waals surface area (Å²) in [6, 6.07) is 2.86. The van der Waals surface area contributed by atoms with Crippen LogP contribution in [0.2, 0.25) is 0 Å². The normalized spacial score (nSPS) is 10.4. The second-order valence-corrected chi connectivity index (χ2v) is 3.76. The molecule has 1 heterocycles. The average molecular weight is 253 g/mol. The van der Waals surface area contributed by atoms with Crippen molar-refractivity contribution >= 4 is 17.2 Å². The number of anilines is 3. The zero-order chi connectivity index (χ0) is 13.3. The van der Waals surface area contributed by atoms with Gasteiger partial charge in [-0.05, 0) is 18.6 Å². The summed E-state index contributed by atoms with van der Waals surface area (Å²) < 4.78 is 39.2. The number of halogens is 3. The van der Waals surface area contributed by atoms with E-state index in [-0.39, 0.29) is 11.5 Å². The molecule has 0 radical (unpaired) electrons. The standard InChI is InChI=1S/C12H10F3N3/c1-6-2-3-17-12(11(6)16)18-10-5-8(14)7(13)4-9(10)15/h2-5H,16H2,1H3,(H,17,18). The highest BCUT2D eigenvalue weighted by Crippen LogP contribution is 2.26. The van der Waals surface area contributed by atoms with Gasteiger partial charge in [0.25, 0.3) is 0 Å². The minimum absolute atomic E-state index is 0.194. The van der Waals surface area contributed by atoms with E-state index in [1.54, 1.807) is 13.0 Å². The fourth-order valence-electron chi connectivity index (χ4n) is 1.42. The molecule has 0 spiro atoms. The molecular weight excluding hydrogens is 243 g/mol. The number of nitrogens with zero attached hydrogens (tertiary/aromatic N) is 1. The van der Waals surface area contributed by atoms with Gasteiger partial charge in [-0.1, -0.05) is 0 Å². The summed E-state index contributed by atoms with van der Waals surface area (Å²) in [7, 11) is 0. The lowest BCUT2D eigenvalue weighted by molar-refractivity contribution is 0.496. The maximum atomic E-state index is 13.4. The number of nitrogens with one attached hydrogen (secondary N) is 1. The van der Waals surface area contributed by atoms with Crippen LogP contribution in [0.5, 0.6) is 0 Å². The van der Waals surface area contributed by atoms with E-state index in [1.807, 2.05) is 0 Å². The molecule has 0 saturated carbocycles. The van der Waals surface area contributed by atoms with Crippen molar-refractivity contribution in [3.63, 3.8) is 0 Å². The summed E-state index contributed by atoms with van der Waals surface area (Å²) in [6.07, 6.45) is 1.48. The summed E-state index contributed by atoms with van der Waals surface area (Å²) in [6.45, 7) is 1.75. The minimum atomic E-state index is -1.25. The molecule has 3 N–H and O–H groups in total. The number of pyridine rings is 1. The van der Waals surface area contributed by atoms with Gasteiger partial charge in [0.1, 0.15) is 5.82 Å². The van der Waals surface area contributed by atoms with Crippen LogP contribution in [0.25, 0.3) is 0 Å². The topological polar surface area (TPSA) is 50.9 Å². The Morgan fingerprint density at radius 3 is 2.50 bits per heavy atom. The van der Waals surface area contributed by atoms with E-state index in [0.29, 0.717) is 17.8 Å². The average Bonchev–Trinajstić information content (AvgIpc) is 2.32. The van der Waals surface area contributed by atoms with E-state index in [9.17, 15) is 13.2 Å². The number of aromatic nitrogens is 1. The molecule has 18 heavy (non-hydrogen) atoms. The Hall–Kier alpha value is -2.24. The predicted molar refractivity (Wildman–Crippen MR) is 63.0 cm³/mol. The van der Waals surface area contributed by atoms with E-state index in [4.69, 9.17) is 5.73 Å². The Labute approximate surface area is 101 Å². The van der Waals surface area contributed by atoms with Crippen LogP contribution in [0, 0.1) is 24.4 Å². The molecule has 6 heteroatoms. The van der Waals surface area contributed by atoms with Gasteiger partial charge >= 0.3 is 0 Å². The van der Waals surface area contributed by atoms with Crippen molar-refractivity contribution in [3.05, 3.63) is 47.4 Å². The molecule has 0 aliphatic rings. The number of nitrogen functional groups attached to an aromatic ring is 1. The van der Waals surface area contributed by atoms with E-state index in [2.05, 4.69) is 10.3 Å². The monoisotopic (exact) mass is 253 g/mol. The van der Waals surface area contributed by atoms with Gasteiger partial charge in [-0.15, -0.1) is 0 Å². The molecule has 0 amide bonds. The van der Waals surface area contributed by atoms with Crippen molar-refractivity contribution in [2.75, 3.05) is 11.1 Å². The van der Waals surface area contributed by atoms with Gasteiger partial charge in [-0.3, -0.25) is 0 Å². The third-order valence-electron chi connectivity index (χ3n) is 2.47. The molecule has 1 aromatic carbocycles. The summed E-state index contributed by atoms with van der Waals surface area (Å²) in [5.74, 6) is -3.12. The Kier molecular flexibility index (Phi) is 3.10. The van der Waals surface area contributed by atoms with Crippen LogP contribution in [-0.4, -0.2) is 4.98 Å². The molecule has 94 valence electrons. The van der Waals surface area contributed by atoms with Gasteiger partial charge < -0.3 is 11.1 Å². The van der Waals surface area contributed by atoms with Gasteiger partial charge in [-0.25, -0.2) is 18.2 Å². The maximum Gasteiger partial charge on any atom is 0.161 e. The van der Waals surface area contributed by atoms with E-state index >= 15 is 0 Å². The van der Waals surface area contributed by atoms with E-state index in [0.717, 1.165) is 5.56 Å². The molecule has 2 rings (SSSR count). The van der Waals surface area contributed by atoms with E-state index < -0.39 is 17.5 Å². The quantitative estimate of drug-likeness (QED) is 0.808.